The van der Waals surface area contributed by atoms with Gasteiger partial charge in [0, 0.05) is 26.2 Å². The zero-order valence-corrected chi connectivity index (χ0v) is 18.6. The predicted molar refractivity (Wildman–Crippen MR) is 118 cm³/mol. The van der Waals surface area contributed by atoms with Crippen molar-refractivity contribution in [3.05, 3.63) is 35.9 Å². The SMILES string of the molecule is CCOC(=O)NC(CNC(=NC)NCCc1ccccc1)CC(C)C.I. The third-order valence-electron chi connectivity index (χ3n) is 3.64. The summed E-state index contributed by atoms with van der Waals surface area (Å²) >= 11 is 0. The molecule has 1 amide bonds. The molecule has 0 aliphatic heterocycles. The molecule has 26 heavy (non-hydrogen) atoms. The molecule has 6 nitrogen and oxygen atoms in total. The normalized spacial score (nSPS) is 12.1. The topological polar surface area (TPSA) is 74.8 Å². The summed E-state index contributed by atoms with van der Waals surface area (Å²) in [7, 11) is 1.74. The molecule has 0 heterocycles. The number of aliphatic imine (C=N–C) groups is 1. The van der Waals surface area contributed by atoms with E-state index in [-0.39, 0.29) is 36.1 Å². The van der Waals surface area contributed by atoms with E-state index in [1.54, 1.807) is 14.0 Å². The minimum atomic E-state index is -0.373. The molecular formula is C19H33IN4O2. The van der Waals surface area contributed by atoms with E-state index in [2.05, 4.69) is 46.9 Å². The van der Waals surface area contributed by atoms with E-state index in [0.717, 1.165) is 25.3 Å². The van der Waals surface area contributed by atoms with Gasteiger partial charge in [0.05, 0.1) is 6.61 Å². The number of hydrogen-bond donors (Lipinski definition) is 3. The van der Waals surface area contributed by atoms with E-state index in [0.29, 0.717) is 19.1 Å². The van der Waals surface area contributed by atoms with Crippen molar-refractivity contribution in [1.82, 2.24) is 16.0 Å². The van der Waals surface area contributed by atoms with Crippen LogP contribution < -0.4 is 16.0 Å². The van der Waals surface area contributed by atoms with Crippen LogP contribution in [0.25, 0.3) is 0 Å². The maximum Gasteiger partial charge on any atom is 0.407 e. The second-order valence-corrected chi connectivity index (χ2v) is 6.31. The highest BCUT2D eigenvalue weighted by Gasteiger charge is 2.15. The van der Waals surface area contributed by atoms with Crippen LogP contribution in [0.1, 0.15) is 32.8 Å². The number of carbonyl (C=O) groups is 1. The molecule has 1 atom stereocenters. The molecule has 1 unspecified atom stereocenters. The van der Waals surface area contributed by atoms with Gasteiger partial charge in [0.2, 0.25) is 0 Å². The molecule has 1 aromatic rings. The predicted octanol–water partition coefficient (Wildman–Crippen LogP) is 3.17. The van der Waals surface area contributed by atoms with Gasteiger partial charge in [0.15, 0.2) is 5.96 Å². The number of guanidine groups is 1. The molecule has 3 N–H and O–H groups in total. The van der Waals surface area contributed by atoms with Gasteiger partial charge in [-0.2, -0.15) is 0 Å². The summed E-state index contributed by atoms with van der Waals surface area (Å²) in [6, 6.07) is 10.3. The highest BCUT2D eigenvalue weighted by molar-refractivity contribution is 14.0. The number of ether oxygens (including phenoxy) is 1. The van der Waals surface area contributed by atoms with Gasteiger partial charge in [-0.05, 0) is 31.2 Å². The first kappa shape index (κ1) is 24.5. The maximum atomic E-state index is 11.7. The Morgan fingerprint density at radius 2 is 1.88 bits per heavy atom. The molecule has 0 aromatic heterocycles. The molecule has 1 aromatic carbocycles. The second kappa shape index (κ2) is 14.6. The molecule has 0 fully saturated rings. The molecule has 0 aliphatic rings. The Balaban J connectivity index is 0.00000625. The highest BCUT2D eigenvalue weighted by atomic mass is 127. The number of hydrogen-bond acceptors (Lipinski definition) is 3. The number of rotatable bonds is 9. The standard InChI is InChI=1S/C19H32N4O2.HI/c1-5-25-19(24)23-17(13-15(2)3)14-22-18(20-4)21-12-11-16-9-7-6-8-10-16;/h6-10,15,17H,5,11-14H2,1-4H3,(H,23,24)(H2,20,21,22);1H. The van der Waals surface area contributed by atoms with Gasteiger partial charge < -0.3 is 20.7 Å². The summed E-state index contributed by atoms with van der Waals surface area (Å²) < 4.78 is 4.98. The van der Waals surface area contributed by atoms with E-state index in [1.807, 2.05) is 18.2 Å². The van der Waals surface area contributed by atoms with Crippen LogP contribution in [0.2, 0.25) is 0 Å². The molecule has 0 spiro atoms. The van der Waals surface area contributed by atoms with E-state index in [4.69, 9.17) is 4.74 Å². The number of carbonyl (C=O) groups excluding carboxylic acids is 1. The Hall–Kier alpha value is -1.51. The van der Waals surface area contributed by atoms with E-state index in [9.17, 15) is 4.79 Å². The van der Waals surface area contributed by atoms with Crippen LogP contribution >= 0.6 is 24.0 Å². The van der Waals surface area contributed by atoms with Gasteiger partial charge >= 0.3 is 6.09 Å². The first-order valence-corrected chi connectivity index (χ1v) is 8.96. The van der Waals surface area contributed by atoms with Crippen LogP contribution in [0.5, 0.6) is 0 Å². The van der Waals surface area contributed by atoms with Crippen LogP contribution in [-0.2, 0) is 11.2 Å². The van der Waals surface area contributed by atoms with E-state index >= 15 is 0 Å². The summed E-state index contributed by atoms with van der Waals surface area (Å²) in [6.07, 6.45) is 1.42. The average molecular weight is 476 g/mol. The van der Waals surface area contributed by atoms with Crippen LogP contribution in [0, 0.1) is 5.92 Å². The smallest absolute Gasteiger partial charge is 0.407 e. The molecule has 7 heteroatoms. The Kier molecular flexibility index (Phi) is 13.8. The molecule has 0 bridgehead atoms. The summed E-state index contributed by atoms with van der Waals surface area (Å²) in [5.74, 6) is 1.21. The number of halogens is 1. The monoisotopic (exact) mass is 476 g/mol. The fourth-order valence-corrected chi connectivity index (χ4v) is 2.51. The van der Waals surface area contributed by atoms with Crippen molar-refractivity contribution in [2.75, 3.05) is 26.7 Å². The summed E-state index contributed by atoms with van der Waals surface area (Å²) in [4.78, 5) is 15.9. The molecule has 0 saturated carbocycles. The Morgan fingerprint density at radius 1 is 1.19 bits per heavy atom. The van der Waals surface area contributed by atoms with Crippen molar-refractivity contribution >= 4 is 36.0 Å². The maximum absolute atomic E-state index is 11.7. The summed E-state index contributed by atoms with van der Waals surface area (Å²) in [6.45, 7) is 7.83. The fourth-order valence-electron chi connectivity index (χ4n) is 2.51. The van der Waals surface area contributed by atoms with Crippen LogP contribution in [0.4, 0.5) is 4.79 Å². The third kappa shape index (κ3) is 11.2. The van der Waals surface area contributed by atoms with Gasteiger partial charge in [-0.1, -0.05) is 44.2 Å². The van der Waals surface area contributed by atoms with E-state index in [1.165, 1.54) is 5.56 Å². The van der Waals surface area contributed by atoms with Gasteiger partial charge in [-0.15, -0.1) is 24.0 Å². The molecule has 0 aliphatic carbocycles. The van der Waals surface area contributed by atoms with Gasteiger partial charge in [-0.3, -0.25) is 4.99 Å². The lowest BCUT2D eigenvalue weighted by Crippen LogP contribution is -2.48. The average Bonchev–Trinajstić information content (AvgIpc) is 2.58. The molecule has 1 rings (SSSR count). The highest BCUT2D eigenvalue weighted by Crippen LogP contribution is 2.04. The number of alkyl carbamates (subject to hydrolysis) is 1. The first-order chi connectivity index (χ1) is 12.0. The van der Waals surface area contributed by atoms with Gasteiger partial charge in [0.1, 0.15) is 0 Å². The third-order valence-corrected chi connectivity index (χ3v) is 3.64. The Morgan fingerprint density at radius 3 is 2.46 bits per heavy atom. The molecular weight excluding hydrogens is 443 g/mol. The van der Waals surface area contributed by atoms with Gasteiger partial charge in [-0.25, -0.2) is 4.79 Å². The zero-order valence-electron chi connectivity index (χ0n) is 16.2. The second-order valence-electron chi connectivity index (χ2n) is 6.31. The van der Waals surface area contributed by atoms with Crippen molar-refractivity contribution in [3.8, 4) is 0 Å². The van der Waals surface area contributed by atoms with Gasteiger partial charge in [0.25, 0.3) is 0 Å². The lowest BCUT2D eigenvalue weighted by Gasteiger charge is -2.22. The lowest BCUT2D eigenvalue weighted by molar-refractivity contribution is 0.146. The largest absolute Gasteiger partial charge is 0.450 e. The van der Waals surface area contributed by atoms with Crippen LogP contribution in [0.3, 0.4) is 0 Å². The molecule has 0 radical (unpaired) electrons. The Labute approximate surface area is 174 Å². The number of nitrogens with zero attached hydrogens (tertiary/aromatic N) is 1. The fraction of sp³-hybridized carbons (Fsp3) is 0.579. The Bertz CT molecular complexity index is 524. The molecule has 148 valence electrons. The van der Waals surface area contributed by atoms with Crippen LogP contribution in [-0.4, -0.2) is 44.8 Å². The van der Waals surface area contributed by atoms with Crippen molar-refractivity contribution in [2.45, 2.75) is 39.7 Å². The van der Waals surface area contributed by atoms with Crippen molar-refractivity contribution in [3.63, 3.8) is 0 Å². The quantitative estimate of drug-likeness (QED) is 0.291. The van der Waals surface area contributed by atoms with Crippen molar-refractivity contribution in [2.24, 2.45) is 10.9 Å². The summed E-state index contributed by atoms with van der Waals surface area (Å²) in [5.41, 5.74) is 1.28. The number of amides is 1. The van der Waals surface area contributed by atoms with Crippen LogP contribution in [0.15, 0.2) is 35.3 Å². The lowest BCUT2D eigenvalue weighted by atomic mass is 10.0. The minimum absolute atomic E-state index is 0. The number of benzene rings is 1. The minimum Gasteiger partial charge on any atom is -0.450 e. The first-order valence-electron chi connectivity index (χ1n) is 8.96. The molecule has 0 saturated heterocycles. The van der Waals surface area contributed by atoms with E-state index < -0.39 is 0 Å². The summed E-state index contributed by atoms with van der Waals surface area (Å²) in [5, 5.41) is 9.48. The van der Waals surface area contributed by atoms with Crippen molar-refractivity contribution < 1.29 is 9.53 Å². The van der Waals surface area contributed by atoms with Crippen molar-refractivity contribution in [1.29, 1.82) is 0 Å². The number of nitrogens with one attached hydrogen (secondary N) is 3. The zero-order chi connectivity index (χ0) is 18.5.